The summed E-state index contributed by atoms with van der Waals surface area (Å²) in [4.78, 5) is 23.4. The zero-order valence-electron chi connectivity index (χ0n) is 10.9. The molecule has 1 heterocycles. The van der Waals surface area contributed by atoms with Crippen LogP contribution < -0.4 is 10.2 Å². The van der Waals surface area contributed by atoms with Gasteiger partial charge in [0.15, 0.2) is 0 Å². The summed E-state index contributed by atoms with van der Waals surface area (Å²) in [5, 5.41) is 10.6. The standard InChI is InChI=1S/C13H13F3N2O3/c14-13(15,16)9-2-1-3-10-8(9)4-5-18(10)7-11(19)17-6-12(20)21/h1-3H,4-7H2,(H,17,19)(H,20,21). The number of carboxylic acid groups (broad SMARTS) is 1. The van der Waals surface area contributed by atoms with E-state index in [2.05, 4.69) is 5.32 Å². The van der Waals surface area contributed by atoms with Crippen LogP contribution in [-0.4, -0.2) is 36.6 Å². The van der Waals surface area contributed by atoms with E-state index < -0.39 is 30.2 Å². The average molecular weight is 302 g/mol. The quantitative estimate of drug-likeness (QED) is 0.879. The Hall–Kier alpha value is -2.25. The Labute approximate surface area is 118 Å². The number of rotatable bonds is 4. The summed E-state index contributed by atoms with van der Waals surface area (Å²) in [5.74, 6) is -1.72. The lowest BCUT2D eigenvalue weighted by atomic mass is 10.0. The fourth-order valence-electron chi connectivity index (χ4n) is 2.33. The van der Waals surface area contributed by atoms with Crippen LogP contribution >= 0.6 is 0 Å². The number of nitrogens with zero attached hydrogens (tertiary/aromatic N) is 1. The molecule has 2 rings (SSSR count). The molecule has 0 unspecified atom stereocenters. The highest BCUT2D eigenvalue weighted by Crippen LogP contribution is 2.39. The monoisotopic (exact) mass is 302 g/mol. The van der Waals surface area contributed by atoms with E-state index in [1.165, 1.54) is 17.0 Å². The molecule has 114 valence electrons. The molecule has 0 bridgehead atoms. The summed E-state index contributed by atoms with van der Waals surface area (Å²) in [7, 11) is 0. The number of halogens is 3. The van der Waals surface area contributed by atoms with E-state index in [1.54, 1.807) is 0 Å². The Morgan fingerprint density at radius 1 is 1.33 bits per heavy atom. The van der Waals surface area contributed by atoms with Gasteiger partial charge in [0.05, 0.1) is 12.1 Å². The van der Waals surface area contributed by atoms with Crippen LogP contribution in [0.25, 0.3) is 0 Å². The van der Waals surface area contributed by atoms with Crippen molar-refractivity contribution in [3.8, 4) is 0 Å². The summed E-state index contributed by atoms with van der Waals surface area (Å²) < 4.78 is 38.6. The third kappa shape index (κ3) is 3.45. The van der Waals surface area contributed by atoms with Crippen LogP contribution in [0.5, 0.6) is 0 Å². The van der Waals surface area contributed by atoms with E-state index in [9.17, 15) is 22.8 Å². The molecule has 0 saturated heterocycles. The van der Waals surface area contributed by atoms with Gasteiger partial charge in [0.25, 0.3) is 0 Å². The summed E-state index contributed by atoms with van der Waals surface area (Å²) >= 11 is 0. The summed E-state index contributed by atoms with van der Waals surface area (Å²) in [5.41, 5.74) is -0.139. The zero-order valence-corrected chi connectivity index (χ0v) is 10.9. The summed E-state index contributed by atoms with van der Waals surface area (Å²) in [6, 6.07) is 3.85. The minimum absolute atomic E-state index is 0.165. The molecule has 0 aliphatic carbocycles. The van der Waals surface area contributed by atoms with Crippen molar-refractivity contribution < 1.29 is 27.9 Å². The molecule has 1 amide bonds. The molecule has 0 atom stereocenters. The second kappa shape index (κ2) is 5.63. The Kier molecular flexibility index (Phi) is 4.06. The maximum absolute atomic E-state index is 12.9. The summed E-state index contributed by atoms with van der Waals surface area (Å²) in [6.45, 7) is -0.382. The van der Waals surface area contributed by atoms with Crippen molar-refractivity contribution in [2.75, 3.05) is 24.5 Å². The number of aliphatic carboxylic acids is 1. The molecular formula is C13H13F3N2O3. The number of hydrogen-bond donors (Lipinski definition) is 2. The molecular weight excluding hydrogens is 289 g/mol. The normalized spacial score (nSPS) is 14.0. The van der Waals surface area contributed by atoms with Gasteiger partial charge in [0.1, 0.15) is 6.54 Å². The van der Waals surface area contributed by atoms with E-state index in [4.69, 9.17) is 5.11 Å². The number of amides is 1. The molecule has 1 aliphatic rings. The SMILES string of the molecule is O=C(O)CNC(=O)CN1CCc2c1cccc2C(F)(F)F. The highest BCUT2D eigenvalue weighted by atomic mass is 19.4. The second-order valence-corrected chi connectivity index (χ2v) is 4.64. The summed E-state index contributed by atoms with van der Waals surface area (Å²) in [6.07, 6.45) is -4.22. The molecule has 5 nitrogen and oxygen atoms in total. The van der Waals surface area contributed by atoms with Gasteiger partial charge in [0, 0.05) is 12.2 Å². The first-order valence-electron chi connectivity index (χ1n) is 6.21. The van der Waals surface area contributed by atoms with E-state index in [1.807, 2.05) is 0 Å². The zero-order chi connectivity index (χ0) is 15.6. The van der Waals surface area contributed by atoms with E-state index in [0.29, 0.717) is 12.2 Å². The van der Waals surface area contributed by atoms with Gasteiger partial charge in [-0.05, 0) is 24.1 Å². The number of fused-ring (bicyclic) bond motifs is 1. The minimum Gasteiger partial charge on any atom is -0.480 e. The number of carboxylic acids is 1. The molecule has 0 saturated carbocycles. The molecule has 0 spiro atoms. The second-order valence-electron chi connectivity index (χ2n) is 4.64. The highest BCUT2D eigenvalue weighted by Gasteiger charge is 2.36. The predicted molar refractivity (Wildman–Crippen MR) is 68.0 cm³/mol. The van der Waals surface area contributed by atoms with Crippen LogP contribution in [0.4, 0.5) is 18.9 Å². The van der Waals surface area contributed by atoms with Crippen LogP contribution in [0, 0.1) is 0 Å². The number of alkyl halides is 3. The van der Waals surface area contributed by atoms with Crippen molar-refractivity contribution in [2.24, 2.45) is 0 Å². The molecule has 8 heteroatoms. The first kappa shape index (κ1) is 15.1. The highest BCUT2D eigenvalue weighted by molar-refractivity contribution is 5.85. The first-order valence-corrected chi connectivity index (χ1v) is 6.21. The minimum atomic E-state index is -4.42. The van der Waals surface area contributed by atoms with Gasteiger partial charge in [-0.3, -0.25) is 9.59 Å². The van der Waals surface area contributed by atoms with Crippen LogP contribution in [0.3, 0.4) is 0 Å². The molecule has 2 N–H and O–H groups in total. The smallest absolute Gasteiger partial charge is 0.416 e. The maximum atomic E-state index is 12.9. The number of carbonyl (C=O) groups is 2. The number of hydrogen-bond acceptors (Lipinski definition) is 3. The van der Waals surface area contributed by atoms with Crippen LogP contribution in [0.2, 0.25) is 0 Å². The molecule has 1 aromatic carbocycles. The lowest BCUT2D eigenvalue weighted by Gasteiger charge is -2.19. The average Bonchev–Trinajstić information content (AvgIpc) is 2.78. The van der Waals surface area contributed by atoms with Crippen LogP contribution in [-0.2, 0) is 22.2 Å². The van der Waals surface area contributed by atoms with Crippen LogP contribution in [0.15, 0.2) is 18.2 Å². The molecule has 0 radical (unpaired) electrons. The molecule has 21 heavy (non-hydrogen) atoms. The molecule has 1 aromatic rings. The molecule has 0 aromatic heterocycles. The maximum Gasteiger partial charge on any atom is 0.416 e. The third-order valence-electron chi connectivity index (χ3n) is 3.20. The van der Waals surface area contributed by atoms with Gasteiger partial charge < -0.3 is 15.3 Å². The van der Waals surface area contributed by atoms with Gasteiger partial charge in [0.2, 0.25) is 5.91 Å². The number of nitrogens with one attached hydrogen (secondary N) is 1. The number of carbonyl (C=O) groups excluding carboxylic acids is 1. The lowest BCUT2D eigenvalue weighted by molar-refractivity contribution is -0.138. The first-order chi connectivity index (χ1) is 9.79. The fourth-order valence-corrected chi connectivity index (χ4v) is 2.33. The predicted octanol–water partition coefficient (Wildman–Crippen LogP) is 1.27. The topological polar surface area (TPSA) is 69.6 Å². The van der Waals surface area contributed by atoms with Crippen molar-refractivity contribution in [1.29, 1.82) is 0 Å². The van der Waals surface area contributed by atoms with Crippen molar-refractivity contribution in [3.63, 3.8) is 0 Å². The van der Waals surface area contributed by atoms with Crippen LogP contribution in [0.1, 0.15) is 11.1 Å². The number of anilines is 1. The largest absolute Gasteiger partial charge is 0.480 e. The Morgan fingerprint density at radius 3 is 2.67 bits per heavy atom. The van der Waals surface area contributed by atoms with E-state index >= 15 is 0 Å². The van der Waals surface area contributed by atoms with Crippen molar-refractivity contribution in [1.82, 2.24) is 5.32 Å². The third-order valence-corrected chi connectivity index (χ3v) is 3.20. The van der Waals surface area contributed by atoms with E-state index in [-0.39, 0.29) is 18.5 Å². The van der Waals surface area contributed by atoms with Gasteiger partial charge in [-0.25, -0.2) is 0 Å². The van der Waals surface area contributed by atoms with Crippen molar-refractivity contribution in [3.05, 3.63) is 29.3 Å². The van der Waals surface area contributed by atoms with Gasteiger partial charge >= 0.3 is 12.1 Å². The van der Waals surface area contributed by atoms with Crippen molar-refractivity contribution >= 4 is 17.6 Å². The molecule has 0 fully saturated rings. The molecule has 1 aliphatic heterocycles. The van der Waals surface area contributed by atoms with E-state index in [0.717, 1.165) is 6.07 Å². The van der Waals surface area contributed by atoms with Gasteiger partial charge in [-0.2, -0.15) is 13.2 Å². The van der Waals surface area contributed by atoms with Gasteiger partial charge in [-0.15, -0.1) is 0 Å². The lowest BCUT2D eigenvalue weighted by Crippen LogP contribution is -2.38. The van der Waals surface area contributed by atoms with Crippen molar-refractivity contribution in [2.45, 2.75) is 12.6 Å². The Bertz CT molecular complexity index is 572. The Balaban J connectivity index is 2.12. The fraction of sp³-hybridized carbons (Fsp3) is 0.385. The Morgan fingerprint density at radius 2 is 2.05 bits per heavy atom. The number of benzene rings is 1. The van der Waals surface area contributed by atoms with Gasteiger partial charge in [-0.1, -0.05) is 6.07 Å².